The Bertz CT molecular complexity index is 819. The molecule has 0 unspecified atom stereocenters. The third kappa shape index (κ3) is 5.10. The summed E-state index contributed by atoms with van der Waals surface area (Å²) in [6.45, 7) is 4.06. The molecule has 0 spiro atoms. The Morgan fingerprint density at radius 2 is 2.04 bits per heavy atom. The fourth-order valence-corrected chi connectivity index (χ4v) is 4.75. The van der Waals surface area contributed by atoms with E-state index in [1.807, 2.05) is 19.2 Å². The van der Waals surface area contributed by atoms with Crippen LogP contribution in [0.15, 0.2) is 39.0 Å². The van der Waals surface area contributed by atoms with Crippen LogP contribution in [0.1, 0.15) is 31.9 Å². The molecular weight excluding hydrogens is 414 g/mol. The molecule has 0 saturated heterocycles. The van der Waals surface area contributed by atoms with Crippen LogP contribution >= 0.6 is 27.3 Å². The molecule has 1 amide bonds. The quantitative estimate of drug-likeness (QED) is 0.703. The van der Waals surface area contributed by atoms with Crippen LogP contribution in [0.5, 0.6) is 0 Å². The van der Waals surface area contributed by atoms with Crippen LogP contribution in [0.3, 0.4) is 0 Å². The number of hydrogen-bond donors (Lipinski definition) is 2. The molecule has 0 aliphatic heterocycles. The van der Waals surface area contributed by atoms with Gasteiger partial charge in [-0.15, -0.1) is 11.3 Å². The summed E-state index contributed by atoms with van der Waals surface area (Å²) >= 11 is 4.56. The number of anilines is 1. The van der Waals surface area contributed by atoms with Gasteiger partial charge in [-0.05, 0) is 34.0 Å². The number of sulfonamides is 1. The highest BCUT2D eigenvalue weighted by Crippen LogP contribution is 2.22. The van der Waals surface area contributed by atoms with Crippen molar-refractivity contribution in [3.63, 3.8) is 0 Å². The van der Waals surface area contributed by atoms with E-state index in [-0.39, 0.29) is 23.8 Å². The largest absolute Gasteiger partial charge is 0.302 e. The summed E-state index contributed by atoms with van der Waals surface area (Å²) in [5.74, 6) is 0.0116. The molecule has 2 N–H and O–H groups in total. The molecule has 0 aliphatic rings. The van der Waals surface area contributed by atoms with Crippen LogP contribution in [-0.2, 0) is 14.8 Å². The van der Waals surface area contributed by atoms with Crippen LogP contribution in [0.4, 0.5) is 5.13 Å². The predicted octanol–water partition coefficient (Wildman–Crippen LogP) is 3.34. The van der Waals surface area contributed by atoms with E-state index in [1.165, 1.54) is 17.4 Å². The van der Waals surface area contributed by atoms with Gasteiger partial charge >= 0.3 is 0 Å². The van der Waals surface area contributed by atoms with Gasteiger partial charge in [-0.25, -0.2) is 18.1 Å². The summed E-state index contributed by atoms with van der Waals surface area (Å²) in [5, 5.41) is 5.10. The molecule has 0 saturated carbocycles. The first-order valence-electron chi connectivity index (χ1n) is 7.29. The van der Waals surface area contributed by atoms with Gasteiger partial charge in [-0.1, -0.05) is 26.0 Å². The highest BCUT2D eigenvalue weighted by molar-refractivity contribution is 9.10. The van der Waals surface area contributed by atoms with Crippen molar-refractivity contribution in [1.82, 2.24) is 9.71 Å². The lowest BCUT2D eigenvalue weighted by Gasteiger charge is -2.08. The highest BCUT2D eigenvalue weighted by atomic mass is 79.9. The second kappa shape index (κ2) is 8.19. The van der Waals surface area contributed by atoms with E-state index < -0.39 is 10.0 Å². The van der Waals surface area contributed by atoms with Gasteiger partial charge in [-0.3, -0.25) is 4.79 Å². The van der Waals surface area contributed by atoms with Crippen molar-refractivity contribution < 1.29 is 13.2 Å². The van der Waals surface area contributed by atoms with Gasteiger partial charge < -0.3 is 5.32 Å². The second-order valence-corrected chi connectivity index (χ2v) is 8.81. The van der Waals surface area contributed by atoms with Crippen LogP contribution in [0.2, 0.25) is 0 Å². The molecule has 130 valence electrons. The molecule has 0 bridgehead atoms. The van der Waals surface area contributed by atoms with Crippen molar-refractivity contribution in [2.45, 2.75) is 31.1 Å². The number of aromatic nitrogens is 1. The Balaban J connectivity index is 1.87. The normalized spacial score (nSPS) is 11.7. The van der Waals surface area contributed by atoms with E-state index >= 15 is 0 Å². The van der Waals surface area contributed by atoms with Gasteiger partial charge in [0.15, 0.2) is 5.13 Å². The highest BCUT2D eigenvalue weighted by Gasteiger charge is 2.17. The number of rotatable bonds is 7. The first-order valence-corrected chi connectivity index (χ1v) is 10.4. The maximum absolute atomic E-state index is 12.2. The summed E-state index contributed by atoms with van der Waals surface area (Å²) in [7, 11) is -3.66. The fraction of sp³-hybridized carbons (Fsp3) is 0.333. The Labute approximate surface area is 153 Å². The number of carbonyl (C=O) groups is 1. The van der Waals surface area contributed by atoms with Crippen molar-refractivity contribution in [3.05, 3.63) is 39.8 Å². The molecule has 2 rings (SSSR count). The smallest absolute Gasteiger partial charge is 0.241 e. The van der Waals surface area contributed by atoms with Crippen molar-refractivity contribution >= 4 is 48.3 Å². The number of nitrogens with zero attached hydrogens (tertiary/aromatic N) is 1. The third-order valence-electron chi connectivity index (χ3n) is 3.13. The molecule has 1 aromatic heterocycles. The molecule has 0 atom stereocenters. The SMILES string of the molecule is CC(C)c1csc(NC(=O)CCNS(=O)(=O)c2ccccc2Br)n1. The van der Waals surface area contributed by atoms with E-state index in [9.17, 15) is 13.2 Å². The summed E-state index contributed by atoms with van der Waals surface area (Å²) < 4.78 is 27.3. The zero-order chi connectivity index (χ0) is 17.7. The lowest BCUT2D eigenvalue weighted by atomic mass is 10.2. The van der Waals surface area contributed by atoms with E-state index in [0.717, 1.165) is 5.69 Å². The van der Waals surface area contributed by atoms with E-state index in [0.29, 0.717) is 15.5 Å². The zero-order valence-corrected chi connectivity index (χ0v) is 16.5. The van der Waals surface area contributed by atoms with Crippen molar-refractivity contribution in [2.75, 3.05) is 11.9 Å². The Kier molecular flexibility index (Phi) is 6.50. The monoisotopic (exact) mass is 431 g/mol. The summed E-state index contributed by atoms with van der Waals surface area (Å²) in [6, 6.07) is 6.52. The predicted molar refractivity (Wildman–Crippen MR) is 98.8 cm³/mol. The topological polar surface area (TPSA) is 88.2 Å². The molecule has 0 aliphatic carbocycles. The van der Waals surface area contributed by atoms with Crippen LogP contribution < -0.4 is 10.0 Å². The van der Waals surface area contributed by atoms with Crippen LogP contribution in [-0.4, -0.2) is 25.9 Å². The van der Waals surface area contributed by atoms with Crippen molar-refractivity contribution in [3.8, 4) is 0 Å². The third-order valence-corrected chi connectivity index (χ3v) is 6.38. The second-order valence-electron chi connectivity index (χ2n) is 5.36. The van der Waals surface area contributed by atoms with Crippen LogP contribution in [0.25, 0.3) is 0 Å². The fourth-order valence-electron chi connectivity index (χ4n) is 1.83. The van der Waals surface area contributed by atoms with E-state index in [2.05, 4.69) is 31.0 Å². The van der Waals surface area contributed by atoms with Gasteiger partial charge in [0.2, 0.25) is 15.9 Å². The van der Waals surface area contributed by atoms with E-state index in [4.69, 9.17) is 0 Å². The Morgan fingerprint density at radius 1 is 1.33 bits per heavy atom. The molecule has 9 heteroatoms. The number of benzene rings is 1. The number of hydrogen-bond acceptors (Lipinski definition) is 5. The molecule has 0 radical (unpaired) electrons. The lowest BCUT2D eigenvalue weighted by molar-refractivity contribution is -0.116. The lowest BCUT2D eigenvalue weighted by Crippen LogP contribution is -2.28. The first-order chi connectivity index (χ1) is 11.3. The van der Waals surface area contributed by atoms with Gasteiger partial charge in [0, 0.05) is 22.8 Å². The molecule has 0 fully saturated rings. The number of carbonyl (C=O) groups excluding carboxylic acids is 1. The summed E-state index contributed by atoms with van der Waals surface area (Å²) in [5.41, 5.74) is 0.921. The van der Waals surface area contributed by atoms with Crippen molar-refractivity contribution in [1.29, 1.82) is 0 Å². The minimum Gasteiger partial charge on any atom is -0.302 e. The maximum atomic E-state index is 12.2. The van der Waals surface area contributed by atoms with Gasteiger partial charge in [0.1, 0.15) is 0 Å². The summed E-state index contributed by atoms with van der Waals surface area (Å²) in [6.07, 6.45) is 0.0281. The maximum Gasteiger partial charge on any atom is 0.241 e. The molecule has 1 aromatic carbocycles. The first kappa shape index (κ1) is 19.0. The molecular formula is C15H18BrN3O3S2. The van der Waals surface area contributed by atoms with E-state index in [1.54, 1.807) is 18.2 Å². The number of halogens is 1. The summed E-state index contributed by atoms with van der Waals surface area (Å²) in [4.78, 5) is 16.3. The van der Waals surface area contributed by atoms with Gasteiger partial charge in [-0.2, -0.15) is 0 Å². The van der Waals surface area contributed by atoms with Gasteiger partial charge in [0.25, 0.3) is 0 Å². The molecule has 1 heterocycles. The number of amides is 1. The Hall–Kier alpha value is -1.29. The van der Waals surface area contributed by atoms with Gasteiger partial charge in [0.05, 0.1) is 10.6 Å². The average Bonchev–Trinajstić information content (AvgIpc) is 2.96. The van der Waals surface area contributed by atoms with Crippen molar-refractivity contribution in [2.24, 2.45) is 0 Å². The molecule has 6 nitrogen and oxygen atoms in total. The average molecular weight is 432 g/mol. The zero-order valence-electron chi connectivity index (χ0n) is 13.2. The minimum absolute atomic E-state index is 0.0118. The Morgan fingerprint density at radius 3 is 2.67 bits per heavy atom. The number of nitrogens with one attached hydrogen (secondary N) is 2. The van der Waals surface area contributed by atoms with Crippen LogP contribution in [0, 0.1) is 0 Å². The minimum atomic E-state index is -3.66. The molecule has 2 aromatic rings. The number of thiazole rings is 1. The standard InChI is InChI=1S/C15H18BrN3O3S2/c1-10(2)12-9-23-15(18-12)19-14(20)7-8-17-24(21,22)13-6-4-3-5-11(13)16/h3-6,9-10,17H,7-8H2,1-2H3,(H,18,19,20). The molecule has 24 heavy (non-hydrogen) atoms.